The maximum Gasteiger partial charge on any atom is 0.258 e. The number of hydrogen-bond donors (Lipinski definition) is 2. The second kappa shape index (κ2) is 10.3. The molecule has 33 heavy (non-hydrogen) atoms. The lowest BCUT2D eigenvalue weighted by molar-refractivity contribution is 0.0587. The number of rotatable bonds is 8. The van der Waals surface area contributed by atoms with E-state index in [1.807, 2.05) is 29.2 Å². The van der Waals surface area contributed by atoms with Gasteiger partial charge in [0.1, 0.15) is 5.75 Å². The van der Waals surface area contributed by atoms with Crippen LogP contribution in [0, 0.1) is 5.92 Å². The summed E-state index contributed by atoms with van der Waals surface area (Å²) in [6, 6.07) is 9.56. The van der Waals surface area contributed by atoms with Crippen molar-refractivity contribution in [3.63, 3.8) is 0 Å². The number of carbonyl (C=O) groups excluding carboxylic acids is 1. The van der Waals surface area contributed by atoms with E-state index in [2.05, 4.69) is 5.32 Å². The fraction of sp³-hybridized carbons (Fsp3) is 0.480. The number of hydrogen-bond acceptors (Lipinski definition) is 7. The van der Waals surface area contributed by atoms with Gasteiger partial charge in [-0.1, -0.05) is 12.1 Å². The number of ether oxygens (including phenoxy) is 4. The van der Waals surface area contributed by atoms with Crippen molar-refractivity contribution in [3.8, 4) is 28.7 Å². The van der Waals surface area contributed by atoms with Gasteiger partial charge in [-0.2, -0.15) is 0 Å². The predicted molar refractivity (Wildman–Crippen MR) is 126 cm³/mol. The first-order valence-electron chi connectivity index (χ1n) is 11.4. The van der Waals surface area contributed by atoms with Crippen molar-refractivity contribution in [2.45, 2.75) is 25.3 Å². The molecule has 3 heterocycles. The molecule has 2 bridgehead atoms. The molecule has 2 atom stereocenters. The van der Waals surface area contributed by atoms with Gasteiger partial charge in [0, 0.05) is 25.2 Å². The third-order valence-corrected chi connectivity index (χ3v) is 6.46. The second-order valence-corrected chi connectivity index (χ2v) is 8.52. The summed E-state index contributed by atoms with van der Waals surface area (Å²) in [4.78, 5) is 15.7. The zero-order chi connectivity index (χ0) is 23.4. The first-order valence-corrected chi connectivity index (χ1v) is 11.4. The standard InChI is InChI=1S/C25H33N3O5/c1-30-22-20(25(29)28-15-17-4-7-18(28)14-27-13-17)12-21(23(31-2)24(22)32-3)33-19-8-5-16(6-9-19)10-11-26/h5-6,8-9,12,17-18,27H,4,7,10-11,13-15,26H2,1-3H3/t17-,18+/m1/s1. The summed E-state index contributed by atoms with van der Waals surface area (Å²) in [6.07, 6.45) is 2.93. The van der Waals surface area contributed by atoms with Gasteiger partial charge in [-0.3, -0.25) is 4.79 Å². The Morgan fingerprint density at radius 1 is 1.03 bits per heavy atom. The highest BCUT2D eigenvalue weighted by Gasteiger charge is 2.37. The van der Waals surface area contributed by atoms with Gasteiger partial charge in [-0.15, -0.1) is 0 Å². The van der Waals surface area contributed by atoms with E-state index in [0.717, 1.165) is 44.5 Å². The van der Waals surface area contributed by atoms with Crippen LogP contribution in [0.15, 0.2) is 30.3 Å². The molecule has 0 saturated carbocycles. The minimum absolute atomic E-state index is 0.0886. The van der Waals surface area contributed by atoms with Crippen LogP contribution < -0.4 is 30.0 Å². The van der Waals surface area contributed by atoms with Crippen molar-refractivity contribution in [1.29, 1.82) is 0 Å². The van der Waals surface area contributed by atoms with Gasteiger partial charge < -0.3 is 34.9 Å². The molecule has 0 aliphatic carbocycles. The molecule has 8 heteroatoms. The van der Waals surface area contributed by atoms with Crippen molar-refractivity contribution in [2.24, 2.45) is 11.7 Å². The van der Waals surface area contributed by atoms with Gasteiger partial charge >= 0.3 is 0 Å². The Labute approximate surface area is 194 Å². The summed E-state index contributed by atoms with van der Waals surface area (Å²) in [6.45, 7) is 3.06. The number of fused-ring (bicyclic) bond motifs is 4. The first kappa shape index (κ1) is 23.2. The Bertz CT molecular complexity index is 975. The molecule has 0 radical (unpaired) electrons. The number of nitrogens with one attached hydrogen (secondary N) is 1. The molecule has 5 rings (SSSR count). The quantitative estimate of drug-likeness (QED) is 0.632. The van der Waals surface area contributed by atoms with Gasteiger partial charge in [0.15, 0.2) is 11.5 Å². The maximum atomic E-state index is 13.8. The molecule has 3 N–H and O–H groups in total. The van der Waals surface area contributed by atoms with Crippen molar-refractivity contribution in [2.75, 3.05) is 47.5 Å². The molecule has 0 spiro atoms. The summed E-state index contributed by atoms with van der Waals surface area (Å²) >= 11 is 0. The highest BCUT2D eigenvalue weighted by Crippen LogP contribution is 2.48. The van der Waals surface area contributed by atoms with Gasteiger partial charge in [-0.25, -0.2) is 0 Å². The number of benzene rings is 2. The molecule has 2 aromatic carbocycles. The molecule has 178 valence electrons. The van der Waals surface area contributed by atoms with Gasteiger partial charge in [0.2, 0.25) is 11.5 Å². The number of methoxy groups -OCH3 is 3. The molecule has 1 amide bonds. The highest BCUT2D eigenvalue weighted by molar-refractivity contribution is 5.99. The zero-order valence-corrected chi connectivity index (χ0v) is 19.6. The van der Waals surface area contributed by atoms with E-state index in [9.17, 15) is 4.79 Å². The Balaban J connectivity index is 1.72. The Morgan fingerprint density at radius 2 is 1.76 bits per heavy atom. The number of piperidine rings is 1. The van der Waals surface area contributed by atoms with E-state index in [0.29, 0.717) is 46.8 Å². The summed E-state index contributed by atoms with van der Waals surface area (Å²) < 4.78 is 23.0. The summed E-state index contributed by atoms with van der Waals surface area (Å²) in [5.74, 6) is 2.43. The van der Waals surface area contributed by atoms with E-state index in [1.165, 1.54) is 21.3 Å². The van der Waals surface area contributed by atoms with Crippen molar-refractivity contribution < 1.29 is 23.7 Å². The van der Waals surface area contributed by atoms with Crippen LogP contribution >= 0.6 is 0 Å². The second-order valence-electron chi connectivity index (χ2n) is 8.52. The number of amides is 1. The third-order valence-electron chi connectivity index (χ3n) is 6.46. The van der Waals surface area contributed by atoms with Crippen LogP contribution in [0.2, 0.25) is 0 Å². The number of nitrogens with zero attached hydrogens (tertiary/aromatic N) is 1. The smallest absolute Gasteiger partial charge is 0.258 e. The van der Waals surface area contributed by atoms with E-state index < -0.39 is 0 Å². The normalized spacial score (nSPS) is 19.7. The van der Waals surface area contributed by atoms with Crippen LogP contribution in [0.5, 0.6) is 28.7 Å². The van der Waals surface area contributed by atoms with E-state index in [-0.39, 0.29) is 11.9 Å². The average molecular weight is 456 g/mol. The summed E-state index contributed by atoms with van der Waals surface area (Å²) in [7, 11) is 4.59. The molecule has 8 nitrogen and oxygen atoms in total. The molecular weight excluding hydrogens is 422 g/mol. The molecule has 0 aromatic heterocycles. The minimum atomic E-state index is -0.0886. The van der Waals surface area contributed by atoms with Crippen molar-refractivity contribution >= 4 is 5.91 Å². The van der Waals surface area contributed by atoms with Crippen LogP contribution in [-0.2, 0) is 6.42 Å². The Morgan fingerprint density at radius 3 is 2.42 bits per heavy atom. The first-order chi connectivity index (χ1) is 16.1. The molecule has 3 aliphatic rings. The minimum Gasteiger partial charge on any atom is -0.492 e. The molecule has 0 unspecified atom stereocenters. The van der Waals surface area contributed by atoms with Crippen molar-refractivity contribution in [1.82, 2.24) is 10.2 Å². The lowest BCUT2D eigenvalue weighted by Crippen LogP contribution is -2.47. The Kier molecular flexibility index (Phi) is 7.25. The van der Waals surface area contributed by atoms with Crippen LogP contribution in [0.3, 0.4) is 0 Å². The fourth-order valence-corrected chi connectivity index (χ4v) is 4.77. The zero-order valence-electron chi connectivity index (χ0n) is 19.6. The molecule has 3 saturated heterocycles. The maximum absolute atomic E-state index is 13.8. The number of nitrogens with two attached hydrogens (primary N) is 1. The number of carbonyl (C=O) groups is 1. The van der Waals surface area contributed by atoms with Crippen molar-refractivity contribution in [3.05, 3.63) is 41.5 Å². The van der Waals surface area contributed by atoms with E-state index >= 15 is 0 Å². The summed E-state index contributed by atoms with van der Waals surface area (Å²) in [5.41, 5.74) is 7.17. The van der Waals surface area contributed by atoms with Crippen LogP contribution in [0.4, 0.5) is 0 Å². The largest absolute Gasteiger partial charge is 0.492 e. The van der Waals surface area contributed by atoms with Gasteiger partial charge in [-0.05, 0) is 56.0 Å². The van der Waals surface area contributed by atoms with Gasteiger partial charge in [0.05, 0.1) is 26.9 Å². The van der Waals surface area contributed by atoms with E-state index in [4.69, 9.17) is 24.7 Å². The van der Waals surface area contributed by atoms with Crippen LogP contribution in [0.25, 0.3) is 0 Å². The van der Waals surface area contributed by atoms with E-state index in [1.54, 1.807) is 6.07 Å². The van der Waals surface area contributed by atoms with Crippen LogP contribution in [0.1, 0.15) is 28.8 Å². The summed E-state index contributed by atoms with van der Waals surface area (Å²) in [5, 5.41) is 3.47. The SMILES string of the molecule is COc1c(Oc2ccc(CCN)cc2)cc(C(=O)N2C[C@@H]3CC[C@H]2CNC3)c(OC)c1OC. The predicted octanol–water partition coefficient (Wildman–Crippen LogP) is 2.83. The van der Waals surface area contributed by atoms with Crippen LogP contribution in [-0.4, -0.2) is 64.4 Å². The fourth-order valence-electron chi connectivity index (χ4n) is 4.77. The molecule has 3 aliphatic heterocycles. The lowest BCUT2D eigenvalue weighted by atomic mass is 9.94. The average Bonchev–Trinajstić information content (AvgIpc) is 3.20. The van der Waals surface area contributed by atoms with Gasteiger partial charge in [0.25, 0.3) is 5.91 Å². The third kappa shape index (κ3) is 4.72. The molecule has 3 fully saturated rings. The monoisotopic (exact) mass is 455 g/mol. The topological polar surface area (TPSA) is 95.3 Å². The molecular formula is C25H33N3O5. The Hall–Kier alpha value is -2.97. The lowest BCUT2D eigenvalue weighted by Gasteiger charge is -2.36. The molecule has 2 aromatic rings. The highest BCUT2D eigenvalue weighted by atomic mass is 16.5.